The monoisotopic (exact) mass is 619 g/mol. The summed E-state index contributed by atoms with van der Waals surface area (Å²) in [7, 11) is 0. The molecule has 1 fully saturated rings. The molecular formula is C24H26IN7O5. The van der Waals surface area contributed by atoms with Gasteiger partial charge in [-0.05, 0) is 53.6 Å². The number of hydrogen-bond acceptors (Lipinski definition) is 11. The summed E-state index contributed by atoms with van der Waals surface area (Å²) in [4.78, 5) is 25.0. The number of aliphatic hydroxyl groups excluding tert-OH is 1. The molecule has 13 heteroatoms. The number of anilines is 2. The van der Waals surface area contributed by atoms with Crippen LogP contribution in [0.2, 0.25) is 0 Å². The highest BCUT2D eigenvalue weighted by Crippen LogP contribution is 2.41. The van der Waals surface area contributed by atoms with Gasteiger partial charge in [0.25, 0.3) is 6.47 Å². The van der Waals surface area contributed by atoms with Crippen molar-refractivity contribution in [1.82, 2.24) is 24.7 Å². The number of hydrogen-bond donors (Lipinski definition) is 3. The van der Waals surface area contributed by atoms with E-state index in [0.29, 0.717) is 48.2 Å². The first-order valence-corrected chi connectivity index (χ1v) is 12.9. The Morgan fingerprint density at radius 2 is 2.11 bits per heavy atom. The normalized spacial score (nSPS) is 21.3. The number of benzene rings is 1. The van der Waals surface area contributed by atoms with E-state index in [2.05, 4.69) is 59.4 Å². The maximum absolute atomic E-state index is 11.2. The first-order valence-electron chi connectivity index (χ1n) is 11.9. The number of carbonyl (C=O) groups is 1. The van der Waals surface area contributed by atoms with Crippen LogP contribution in [0.5, 0.6) is 0 Å². The SMILES string of the molecule is CCNc1nc(NCc2cccc(I)c2)c2ncn([C@@H]3O[C@H](c4cc(CC)no4)[C@@H](OC=O)[C@H]3O)c2n1. The van der Waals surface area contributed by atoms with Gasteiger partial charge in [0.05, 0.1) is 12.0 Å². The second-order valence-electron chi connectivity index (χ2n) is 8.44. The molecule has 0 aliphatic carbocycles. The Labute approximate surface area is 225 Å². The molecule has 3 aromatic heterocycles. The molecule has 1 aromatic carbocycles. The summed E-state index contributed by atoms with van der Waals surface area (Å²) in [6.45, 7) is 5.32. The van der Waals surface area contributed by atoms with E-state index in [0.717, 1.165) is 14.8 Å². The zero-order valence-corrected chi connectivity index (χ0v) is 22.3. The average molecular weight is 619 g/mol. The summed E-state index contributed by atoms with van der Waals surface area (Å²) in [5.41, 5.74) is 2.76. The van der Waals surface area contributed by atoms with Crippen LogP contribution < -0.4 is 10.6 Å². The van der Waals surface area contributed by atoms with Gasteiger partial charge in [0.15, 0.2) is 41.2 Å². The number of aryl methyl sites for hydroxylation is 1. The van der Waals surface area contributed by atoms with Crippen LogP contribution in [0, 0.1) is 3.57 Å². The van der Waals surface area contributed by atoms with Crippen LogP contribution in [-0.2, 0) is 27.2 Å². The Morgan fingerprint density at radius 3 is 2.84 bits per heavy atom. The number of aromatic nitrogens is 5. The van der Waals surface area contributed by atoms with Crippen LogP contribution in [0.15, 0.2) is 41.2 Å². The van der Waals surface area contributed by atoms with E-state index in [1.807, 2.05) is 32.0 Å². The molecule has 12 nitrogen and oxygen atoms in total. The number of carbonyl (C=O) groups excluding carboxylic acids is 1. The van der Waals surface area contributed by atoms with E-state index in [-0.39, 0.29) is 6.47 Å². The van der Waals surface area contributed by atoms with Crippen LogP contribution in [0.25, 0.3) is 11.2 Å². The summed E-state index contributed by atoms with van der Waals surface area (Å²) < 4.78 is 19.5. The smallest absolute Gasteiger partial charge is 0.293 e. The standard InChI is InChI=1S/C24H26IN7O5/c1-3-15-9-16(37-31-15)19-20(35-12-33)18(34)23(36-19)32-11-28-17-21(29-24(26-4-2)30-22(17)32)27-10-13-6-5-7-14(25)8-13/h5-9,11-12,18-20,23,34H,3-4,10H2,1-2H3,(H2,26,27,29,30)/t18-,19-,20+,23-/m1/s1. The minimum Gasteiger partial charge on any atom is -0.458 e. The minimum atomic E-state index is -1.22. The van der Waals surface area contributed by atoms with Gasteiger partial charge in [0, 0.05) is 22.7 Å². The summed E-state index contributed by atoms with van der Waals surface area (Å²) in [6, 6.07) is 9.87. The fourth-order valence-electron chi connectivity index (χ4n) is 4.25. The number of aliphatic hydroxyl groups is 1. The molecule has 4 atom stereocenters. The van der Waals surface area contributed by atoms with Crippen LogP contribution in [0.3, 0.4) is 0 Å². The van der Waals surface area contributed by atoms with Gasteiger partial charge >= 0.3 is 0 Å². The fraction of sp³-hybridized carbons (Fsp3) is 0.375. The van der Waals surface area contributed by atoms with Gasteiger partial charge in [-0.1, -0.05) is 24.2 Å². The van der Waals surface area contributed by atoms with Crippen LogP contribution in [-0.4, -0.2) is 55.0 Å². The number of ether oxygens (including phenoxy) is 2. The zero-order valence-electron chi connectivity index (χ0n) is 20.2. The maximum atomic E-state index is 11.2. The van der Waals surface area contributed by atoms with Gasteiger partial charge < -0.3 is 29.7 Å². The molecule has 1 aliphatic heterocycles. The Hall–Kier alpha value is -3.30. The molecule has 1 saturated heterocycles. The molecule has 0 spiro atoms. The number of rotatable bonds is 10. The third-order valence-corrected chi connectivity index (χ3v) is 6.70. The van der Waals surface area contributed by atoms with Crippen molar-refractivity contribution in [2.24, 2.45) is 0 Å². The Morgan fingerprint density at radius 1 is 1.24 bits per heavy atom. The molecule has 5 rings (SSSR count). The Kier molecular flexibility index (Phi) is 7.53. The van der Waals surface area contributed by atoms with Crippen molar-refractivity contribution in [2.45, 2.75) is 51.4 Å². The molecule has 4 aromatic rings. The van der Waals surface area contributed by atoms with Crippen LogP contribution >= 0.6 is 22.6 Å². The highest BCUT2D eigenvalue weighted by molar-refractivity contribution is 14.1. The van der Waals surface area contributed by atoms with Gasteiger partial charge in [-0.3, -0.25) is 9.36 Å². The molecule has 0 radical (unpaired) electrons. The number of nitrogens with one attached hydrogen (secondary N) is 2. The predicted octanol–water partition coefficient (Wildman–Crippen LogP) is 3.20. The molecule has 1 aliphatic rings. The van der Waals surface area contributed by atoms with Gasteiger partial charge in [-0.15, -0.1) is 0 Å². The molecule has 0 saturated carbocycles. The average Bonchev–Trinajstić information content (AvgIpc) is 3.61. The van der Waals surface area contributed by atoms with E-state index in [1.165, 1.54) is 6.33 Å². The van der Waals surface area contributed by atoms with E-state index >= 15 is 0 Å². The van der Waals surface area contributed by atoms with Gasteiger partial charge in [-0.2, -0.15) is 9.97 Å². The van der Waals surface area contributed by atoms with Crippen molar-refractivity contribution in [2.75, 3.05) is 17.2 Å². The summed E-state index contributed by atoms with van der Waals surface area (Å²) in [6.07, 6.45) is -1.85. The lowest BCUT2D eigenvalue weighted by molar-refractivity contribution is -0.140. The van der Waals surface area contributed by atoms with E-state index in [9.17, 15) is 9.90 Å². The van der Waals surface area contributed by atoms with E-state index < -0.39 is 24.5 Å². The van der Waals surface area contributed by atoms with Crippen molar-refractivity contribution < 1.29 is 23.9 Å². The molecule has 4 heterocycles. The van der Waals surface area contributed by atoms with Crippen LogP contribution in [0.1, 0.15) is 43.2 Å². The highest BCUT2D eigenvalue weighted by atomic mass is 127. The van der Waals surface area contributed by atoms with Crippen molar-refractivity contribution in [3.8, 4) is 0 Å². The third kappa shape index (κ3) is 5.10. The first-order chi connectivity index (χ1) is 18.0. The van der Waals surface area contributed by atoms with Gasteiger partial charge in [0.2, 0.25) is 5.95 Å². The van der Waals surface area contributed by atoms with Crippen LogP contribution in [0.4, 0.5) is 11.8 Å². The molecule has 0 unspecified atom stereocenters. The minimum absolute atomic E-state index is 0.286. The van der Waals surface area contributed by atoms with Crippen molar-refractivity contribution in [3.63, 3.8) is 0 Å². The highest BCUT2D eigenvalue weighted by Gasteiger charge is 2.49. The van der Waals surface area contributed by atoms with Gasteiger partial charge in [0.1, 0.15) is 6.10 Å². The van der Waals surface area contributed by atoms with Gasteiger partial charge in [-0.25, -0.2) is 4.98 Å². The second-order valence-corrected chi connectivity index (χ2v) is 9.69. The Bertz CT molecular complexity index is 1390. The summed E-state index contributed by atoms with van der Waals surface area (Å²) in [5.74, 6) is 1.29. The lowest BCUT2D eigenvalue weighted by atomic mass is 10.1. The molecular weight excluding hydrogens is 593 g/mol. The molecule has 37 heavy (non-hydrogen) atoms. The van der Waals surface area contributed by atoms with E-state index in [4.69, 9.17) is 14.0 Å². The molecule has 0 amide bonds. The summed E-state index contributed by atoms with van der Waals surface area (Å²) in [5, 5.41) is 21.6. The molecule has 194 valence electrons. The predicted molar refractivity (Wildman–Crippen MR) is 142 cm³/mol. The maximum Gasteiger partial charge on any atom is 0.293 e. The Balaban J connectivity index is 1.49. The quantitative estimate of drug-likeness (QED) is 0.178. The van der Waals surface area contributed by atoms with Crippen molar-refractivity contribution in [1.29, 1.82) is 0 Å². The largest absolute Gasteiger partial charge is 0.458 e. The molecule has 0 bridgehead atoms. The van der Waals surface area contributed by atoms with Crippen molar-refractivity contribution in [3.05, 3.63) is 57.2 Å². The van der Waals surface area contributed by atoms with E-state index in [1.54, 1.807) is 10.6 Å². The lowest BCUT2D eigenvalue weighted by Crippen LogP contribution is -2.31. The number of fused-ring (bicyclic) bond motifs is 1. The number of halogens is 1. The lowest BCUT2D eigenvalue weighted by Gasteiger charge is -2.18. The zero-order chi connectivity index (χ0) is 25.9. The summed E-state index contributed by atoms with van der Waals surface area (Å²) >= 11 is 2.27. The number of nitrogens with zero attached hydrogens (tertiary/aromatic N) is 5. The molecule has 3 N–H and O–H groups in total. The van der Waals surface area contributed by atoms with Crippen molar-refractivity contribution >= 4 is 52.0 Å². The third-order valence-electron chi connectivity index (χ3n) is 6.03. The number of imidazole rings is 1. The second kappa shape index (κ2) is 11.0. The fourth-order valence-corrected chi connectivity index (χ4v) is 4.86. The first kappa shape index (κ1) is 25.4. The topological polar surface area (TPSA) is 149 Å².